The Morgan fingerprint density at radius 2 is 2.07 bits per heavy atom. The molecule has 0 saturated carbocycles. The number of nitrogens with one attached hydrogen (secondary N) is 1. The molecule has 4 rings (SSSR count). The van der Waals surface area contributed by atoms with Gasteiger partial charge >= 0.3 is 0 Å². The molecule has 7 nitrogen and oxygen atoms in total. The summed E-state index contributed by atoms with van der Waals surface area (Å²) in [5.41, 5.74) is 2.69. The summed E-state index contributed by atoms with van der Waals surface area (Å²) < 4.78 is 6.01. The first-order chi connectivity index (χ1) is 13.4. The Morgan fingerprint density at radius 1 is 1.25 bits per heavy atom. The molecule has 1 atom stereocenters. The van der Waals surface area contributed by atoms with Crippen LogP contribution >= 0.6 is 35.4 Å². The van der Waals surface area contributed by atoms with Gasteiger partial charge in [0.05, 0.1) is 24.1 Å². The molecule has 0 saturated heterocycles. The zero-order chi connectivity index (χ0) is 19.8. The van der Waals surface area contributed by atoms with Gasteiger partial charge in [0, 0.05) is 22.4 Å². The molecular formula is C18H17Cl2N7S. The van der Waals surface area contributed by atoms with Crippen molar-refractivity contribution in [1.82, 2.24) is 34.3 Å². The number of hydrogen-bond acceptors (Lipinski definition) is 4. The van der Waals surface area contributed by atoms with Gasteiger partial charge in [-0.05, 0) is 49.8 Å². The Hall–Kier alpha value is -2.42. The number of aromatic amines is 1. The lowest BCUT2D eigenvalue weighted by atomic mass is 10.2. The summed E-state index contributed by atoms with van der Waals surface area (Å²) in [6, 6.07) is 7.28. The molecule has 3 aromatic heterocycles. The Kier molecular flexibility index (Phi) is 5.09. The number of hydrogen-bond donors (Lipinski definition) is 1. The lowest BCUT2D eigenvalue weighted by Gasteiger charge is -2.12. The van der Waals surface area contributed by atoms with Crippen molar-refractivity contribution >= 4 is 35.4 Å². The second-order valence-electron chi connectivity index (χ2n) is 6.47. The summed E-state index contributed by atoms with van der Waals surface area (Å²) in [7, 11) is 0. The minimum Gasteiger partial charge on any atom is -0.267 e. The van der Waals surface area contributed by atoms with E-state index in [9.17, 15) is 0 Å². The molecule has 4 aromatic rings. The van der Waals surface area contributed by atoms with Crippen molar-refractivity contribution in [2.24, 2.45) is 0 Å². The second-order valence-corrected chi connectivity index (χ2v) is 7.70. The molecule has 1 N–H and O–H groups in total. The first kappa shape index (κ1) is 18.9. The minimum atomic E-state index is -0.101. The normalized spacial score (nSPS) is 12.4. The van der Waals surface area contributed by atoms with Gasteiger partial charge in [-0.2, -0.15) is 15.3 Å². The van der Waals surface area contributed by atoms with E-state index in [-0.39, 0.29) is 6.04 Å². The summed E-state index contributed by atoms with van der Waals surface area (Å²) in [5.74, 6) is 0.747. The third-order valence-corrected chi connectivity index (χ3v) is 5.30. The largest absolute Gasteiger partial charge is 0.267 e. The van der Waals surface area contributed by atoms with Gasteiger partial charge in [0.2, 0.25) is 0 Å². The highest BCUT2D eigenvalue weighted by molar-refractivity contribution is 7.71. The average Bonchev–Trinajstić information content (AvgIpc) is 3.37. The number of nitrogens with zero attached hydrogens (tertiary/aromatic N) is 6. The average molecular weight is 434 g/mol. The lowest BCUT2D eigenvalue weighted by Crippen LogP contribution is -2.13. The molecule has 0 radical (unpaired) electrons. The number of benzene rings is 1. The van der Waals surface area contributed by atoms with Crippen LogP contribution in [0.25, 0.3) is 5.69 Å². The van der Waals surface area contributed by atoms with Crippen molar-refractivity contribution in [3.63, 3.8) is 0 Å². The van der Waals surface area contributed by atoms with Gasteiger partial charge in [-0.3, -0.25) is 19.0 Å². The van der Waals surface area contributed by atoms with Crippen LogP contribution in [-0.2, 0) is 6.54 Å². The van der Waals surface area contributed by atoms with Crippen LogP contribution in [0.3, 0.4) is 0 Å². The molecule has 0 bridgehead atoms. The third-order valence-electron chi connectivity index (χ3n) is 4.44. The summed E-state index contributed by atoms with van der Waals surface area (Å²) in [6.07, 6.45) is 5.58. The van der Waals surface area contributed by atoms with Gasteiger partial charge in [0.25, 0.3) is 0 Å². The van der Waals surface area contributed by atoms with Crippen LogP contribution in [0.15, 0.2) is 42.9 Å². The number of aryl methyl sites for hydroxylation is 1. The Balaban J connectivity index is 1.66. The molecule has 0 aliphatic heterocycles. The molecule has 144 valence electrons. The van der Waals surface area contributed by atoms with E-state index in [0.29, 0.717) is 21.4 Å². The maximum Gasteiger partial charge on any atom is 0.200 e. The fraction of sp³-hybridized carbons (Fsp3) is 0.222. The van der Waals surface area contributed by atoms with E-state index in [4.69, 9.17) is 35.4 Å². The lowest BCUT2D eigenvalue weighted by molar-refractivity contribution is 0.524. The van der Waals surface area contributed by atoms with E-state index in [0.717, 1.165) is 22.8 Å². The molecule has 0 fully saturated rings. The van der Waals surface area contributed by atoms with Crippen LogP contribution < -0.4 is 0 Å². The van der Waals surface area contributed by atoms with Gasteiger partial charge < -0.3 is 0 Å². The number of rotatable bonds is 5. The number of H-pyrrole nitrogens is 1. The molecule has 0 unspecified atom stereocenters. The molecule has 28 heavy (non-hydrogen) atoms. The van der Waals surface area contributed by atoms with Crippen LogP contribution in [0.1, 0.15) is 30.0 Å². The third kappa shape index (κ3) is 3.63. The van der Waals surface area contributed by atoms with Crippen molar-refractivity contribution < 1.29 is 0 Å². The quantitative estimate of drug-likeness (QED) is 0.467. The van der Waals surface area contributed by atoms with Crippen molar-refractivity contribution in [3.8, 4) is 5.69 Å². The van der Waals surface area contributed by atoms with Gasteiger partial charge in [-0.1, -0.05) is 29.3 Å². The van der Waals surface area contributed by atoms with Crippen molar-refractivity contribution in [1.29, 1.82) is 0 Å². The standard InChI is InChI=1S/C18H17Cl2N7S/c1-11-5-6-26(24-11)12(2)17-22-23-18(28)27(17)15-8-21-25(10-15)9-13-3-4-14(19)7-16(13)20/h3-8,10,12H,9H2,1-2H3,(H,23,28)/t12-/m1/s1. The summed E-state index contributed by atoms with van der Waals surface area (Å²) >= 11 is 17.7. The highest BCUT2D eigenvalue weighted by atomic mass is 35.5. The maximum absolute atomic E-state index is 6.28. The predicted octanol–water partition coefficient (Wildman–Crippen LogP) is 4.60. The van der Waals surface area contributed by atoms with E-state index in [1.54, 1.807) is 16.9 Å². The smallest absolute Gasteiger partial charge is 0.200 e. The van der Waals surface area contributed by atoms with Crippen LogP contribution in [-0.4, -0.2) is 34.3 Å². The van der Waals surface area contributed by atoms with E-state index >= 15 is 0 Å². The summed E-state index contributed by atoms with van der Waals surface area (Å²) in [5, 5.41) is 17.4. The SMILES string of the molecule is Cc1ccn([C@H](C)c2n[nH]c(=S)n2-c2cnn(Cc3ccc(Cl)cc3Cl)c2)n1. The Labute approximate surface area is 176 Å². The molecule has 10 heteroatoms. The maximum atomic E-state index is 6.28. The van der Waals surface area contributed by atoms with Crippen LogP contribution in [0, 0.1) is 11.7 Å². The van der Waals surface area contributed by atoms with Crippen molar-refractivity contribution in [2.75, 3.05) is 0 Å². The zero-order valence-electron chi connectivity index (χ0n) is 15.2. The fourth-order valence-corrected chi connectivity index (χ4v) is 3.70. The molecule has 3 heterocycles. The van der Waals surface area contributed by atoms with Gasteiger partial charge in [0.1, 0.15) is 6.04 Å². The van der Waals surface area contributed by atoms with Crippen molar-refractivity contribution in [3.05, 3.63) is 74.8 Å². The van der Waals surface area contributed by atoms with E-state index in [1.165, 1.54) is 0 Å². The van der Waals surface area contributed by atoms with Gasteiger partial charge in [-0.25, -0.2) is 0 Å². The van der Waals surface area contributed by atoms with Crippen LogP contribution in [0.5, 0.6) is 0 Å². The summed E-state index contributed by atoms with van der Waals surface area (Å²) in [4.78, 5) is 0. The zero-order valence-corrected chi connectivity index (χ0v) is 17.5. The van der Waals surface area contributed by atoms with E-state index in [1.807, 2.05) is 53.7 Å². The van der Waals surface area contributed by atoms with E-state index in [2.05, 4.69) is 20.4 Å². The molecule has 1 aromatic carbocycles. The van der Waals surface area contributed by atoms with Crippen molar-refractivity contribution in [2.45, 2.75) is 26.4 Å². The number of aromatic nitrogens is 7. The monoisotopic (exact) mass is 433 g/mol. The minimum absolute atomic E-state index is 0.101. The first-order valence-electron chi connectivity index (χ1n) is 8.58. The molecule has 0 amide bonds. The second kappa shape index (κ2) is 7.54. The van der Waals surface area contributed by atoms with Crippen LogP contribution in [0.2, 0.25) is 10.0 Å². The Bertz CT molecular complexity index is 1190. The number of halogens is 2. The van der Waals surface area contributed by atoms with Gasteiger partial charge in [-0.15, -0.1) is 0 Å². The fourth-order valence-electron chi connectivity index (χ4n) is 2.98. The van der Waals surface area contributed by atoms with Crippen LogP contribution in [0.4, 0.5) is 0 Å². The molecule has 0 spiro atoms. The molecular weight excluding hydrogens is 417 g/mol. The highest BCUT2D eigenvalue weighted by Crippen LogP contribution is 2.23. The van der Waals surface area contributed by atoms with Gasteiger partial charge in [0.15, 0.2) is 10.6 Å². The molecule has 0 aliphatic carbocycles. The molecule has 0 aliphatic rings. The van der Waals surface area contributed by atoms with E-state index < -0.39 is 0 Å². The predicted molar refractivity (Wildman–Crippen MR) is 111 cm³/mol. The summed E-state index contributed by atoms with van der Waals surface area (Å²) in [6.45, 7) is 4.49. The topological polar surface area (TPSA) is 69.2 Å². The highest BCUT2D eigenvalue weighted by Gasteiger charge is 2.19. The Morgan fingerprint density at radius 3 is 2.79 bits per heavy atom. The first-order valence-corrected chi connectivity index (χ1v) is 9.74.